The molecule has 0 fully saturated rings. The van der Waals surface area contributed by atoms with Crippen molar-refractivity contribution in [3.63, 3.8) is 0 Å². The first-order chi connectivity index (χ1) is 7.43. The Morgan fingerprint density at radius 1 is 1.31 bits per heavy atom. The van der Waals surface area contributed by atoms with Gasteiger partial charge in [-0.25, -0.2) is 4.79 Å². The largest absolute Gasteiger partial charge is 0.481 e. The van der Waals surface area contributed by atoms with Crippen molar-refractivity contribution in [3.8, 4) is 0 Å². The van der Waals surface area contributed by atoms with Gasteiger partial charge in [-0.3, -0.25) is 4.79 Å². The summed E-state index contributed by atoms with van der Waals surface area (Å²) in [4.78, 5) is 21.8. The van der Waals surface area contributed by atoms with Gasteiger partial charge < -0.3 is 20.8 Å². The molecule has 0 rings (SSSR count). The molecule has 6 nitrogen and oxygen atoms in total. The van der Waals surface area contributed by atoms with Crippen molar-refractivity contribution in [1.82, 2.24) is 10.6 Å². The Labute approximate surface area is 95.0 Å². The maximum Gasteiger partial charge on any atom is 0.314 e. The average Bonchev–Trinajstić information content (AvgIpc) is 2.22. The summed E-state index contributed by atoms with van der Waals surface area (Å²) in [6.45, 7) is 3.96. The third kappa shape index (κ3) is 6.23. The molecule has 0 radical (unpaired) electrons. The summed E-state index contributed by atoms with van der Waals surface area (Å²) in [5, 5.41) is 22.9. The summed E-state index contributed by atoms with van der Waals surface area (Å²) in [6.07, 6.45) is 0.650. The molecular weight excluding hydrogens is 212 g/mol. The minimum Gasteiger partial charge on any atom is -0.481 e. The van der Waals surface area contributed by atoms with E-state index < -0.39 is 11.4 Å². The van der Waals surface area contributed by atoms with Crippen LogP contribution in [0.25, 0.3) is 0 Å². The summed E-state index contributed by atoms with van der Waals surface area (Å²) in [5.74, 6) is -0.993. The molecule has 0 aliphatic carbocycles. The molecule has 0 aromatic rings. The Morgan fingerprint density at radius 3 is 2.38 bits per heavy atom. The molecule has 0 heterocycles. The Hall–Kier alpha value is -1.30. The topological polar surface area (TPSA) is 98.7 Å². The lowest BCUT2D eigenvalue weighted by Crippen LogP contribution is -2.44. The van der Waals surface area contributed by atoms with Crippen LogP contribution in [0.15, 0.2) is 0 Å². The second kappa shape index (κ2) is 7.05. The van der Waals surface area contributed by atoms with Crippen LogP contribution in [0.2, 0.25) is 0 Å². The lowest BCUT2D eigenvalue weighted by atomic mass is 9.88. The fourth-order valence-corrected chi connectivity index (χ4v) is 1.13. The molecule has 0 bridgehead atoms. The van der Waals surface area contributed by atoms with E-state index in [9.17, 15) is 9.59 Å². The quantitative estimate of drug-likeness (QED) is 0.503. The molecule has 2 amide bonds. The second-order valence-corrected chi connectivity index (χ2v) is 4.15. The molecule has 6 heteroatoms. The maximum atomic E-state index is 11.2. The van der Waals surface area contributed by atoms with E-state index in [2.05, 4.69) is 10.6 Å². The predicted octanol–water partition coefficient (Wildman–Crippen LogP) is 0.169. The number of carboxylic acids is 1. The average molecular weight is 232 g/mol. The number of aliphatic hydroxyl groups excluding tert-OH is 1. The summed E-state index contributed by atoms with van der Waals surface area (Å²) in [6, 6.07) is -0.341. The van der Waals surface area contributed by atoms with Crippen LogP contribution in [-0.4, -0.2) is 41.9 Å². The minimum absolute atomic E-state index is 0.130. The van der Waals surface area contributed by atoms with Gasteiger partial charge in [0.15, 0.2) is 0 Å². The second-order valence-electron chi connectivity index (χ2n) is 4.15. The van der Waals surface area contributed by atoms with Crippen molar-refractivity contribution in [2.24, 2.45) is 5.41 Å². The number of nitrogens with one attached hydrogen (secondary N) is 2. The lowest BCUT2D eigenvalue weighted by molar-refractivity contribution is -0.140. The van der Waals surface area contributed by atoms with Crippen molar-refractivity contribution < 1.29 is 19.8 Å². The van der Waals surface area contributed by atoms with Gasteiger partial charge in [-0.15, -0.1) is 0 Å². The number of carbonyl (C=O) groups is 2. The van der Waals surface area contributed by atoms with E-state index >= 15 is 0 Å². The van der Waals surface area contributed by atoms with Gasteiger partial charge in [0.25, 0.3) is 0 Å². The van der Waals surface area contributed by atoms with Crippen LogP contribution in [0, 0.1) is 5.41 Å². The standard InChI is InChI=1S/C10H20N2O4/c1-3-4-11-9(16)12-6-10(2,7-13)5-8(14)15/h13H,3-7H2,1-2H3,(H,14,15)(H2,11,12,16). The van der Waals surface area contributed by atoms with E-state index in [4.69, 9.17) is 10.2 Å². The molecule has 0 aliphatic heterocycles. The van der Waals surface area contributed by atoms with Crippen LogP contribution < -0.4 is 10.6 Å². The van der Waals surface area contributed by atoms with Crippen molar-refractivity contribution in [3.05, 3.63) is 0 Å². The number of rotatable bonds is 7. The lowest BCUT2D eigenvalue weighted by Gasteiger charge is -2.25. The third-order valence-electron chi connectivity index (χ3n) is 2.17. The highest BCUT2D eigenvalue weighted by Gasteiger charge is 2.27. The molecule has 1 atom stereocenters. The molecule has 0 aliphatic rings. The van der Waals surface area contributed by atoms with Gasteiger partial charge in [-0.05, 0) is 6.42 Å². The normalized spacial score (nSPS) is 13.9. The van der Waals surface area contributed by atoms with E-state index in [1.807, 2.05) is 6.92 Å². The van der Waals surface area contributed by atoms with Crippen LogP contribution in [0.4, 0.5) is 4.79 Å². The van der Waals surface area contributed by atoms with Crippen LogP contribution in [0.3, 0.4) is 0 Å². The Balaban J connectivity index is 4.03. The van der Waals surface area contributed by atoms with E-state index in [1.54, 1.807) is 6.92 Å². The van der Waals surface area contributed by atoms with Crippen molar-refractivity contribution in [1.29, 1.82) is 0 Å². The summed E-state index contributed by atoms with van der Waals surface area (Å²) in [5.41, 5.74) is -0.824. The number of hydrogen-bond acceptors (Lipinski definition) is 3. The maximum absolute atomic E-state index is 11.2. The monoisotopic (exact) mass is 232 g/mol. The van der Waals surface area contributed by atoms with E-state index in [0.29, 0.717) is 6.54 Å². The van der Waals surface area contributed by atoms with Gasteiger partial charge in [0, 0.05) is 18.5 Å². The zero-order chi connectivity index (χ0) is 12.6. The number of carbonyl (C=O) groups excluding carboxylic acids is 1. The zero-order valence-corrected chi connectivity index (χ0v) is 9.75. The zero-order valence-electron chi connectivity index (χ0n) is 9.75. The first-order valence-corrected chi connectivity index (χ1v) is 5.28. The van der Waals surface area contributed by atoms with Gasteiger partial charge in [-0.1, -0.05) is 13.8 Å². The first kappa shape index (κ1) is 14.7. The minimum atomic E-state index is -0.993. The van der Waals surface area contributed by atoms with Crippen LogP contribution >= 0.6 is 0 Å². The molecule has 0 spiro atoms. The third-order valence-corrected chi connectivity index (χ3v) is 2.17. The first-order valence-electron chi connectivity index (χ1n) is 5.28. The van der Waals surface area contributed by atoms with Crippen LogP contribution in [0.5, 0.6) is 0 Å². The highest BCUT2D eigenvalue weighted by molar-refractivity contribution is 5.74. The highest BCUT2D eigenvalue weighted by atomic mass is 16.4. The van der Waals surface area contributed by atoms with E-state index in [1.165, 1.54) is 0 Å². The Bertz CT molecular complexity index is 245. The van der Waals surface area contributed by atoms with Crippen LogP contribution in [0.1, 0.15) is 26.7 Å². The van der Waals surface area contributed by atoms with Gasteiger partial charge in [-0.2, -0.15) is 0 Å². The summed E-state index contributed by atoms with van der Waals surface area (Å²) < 4.78 is 0. The molecule has 94 valence electrons. The molecule has 1 unspecified atom stereocenters. The molecule has 0 saturated carbocycles. The van der Waals surface area contributed by atoms with Gasteiger partial charge in [0.2, 0.25) is 0 Å². The Kier molecular flexibility index (Phi) is 6.48. The highest BCUT2D eigenvalue weighted by Crippen LogP contribution is 2.18. The molecule has 16 heavy (non-hydrogen) atoms. The van der Waals surface area contributed by atoms with Crippen molar-refractivity contribution in [2.75, 3.05) is 19.7 Å². The molecule has 0 saturated heterocycles. The molecule has 0 aromatic carbocycles. The number of aliphatic hydroxyl groups is 1. The van der Waals surface area contributed by atoms with E-state index in [-0.39, 0.29) is 25.6 Å². The summed E-state index contributed by atoms with van der Waals surface area (Å²) >= 11 is 0. The molecule has 0 aromatic heterocycles. The fourth-order valence-electron chi connectivity index (χ4n) is 1.13. The van der Waals surface area contributed by atoms with Gasteiger partial charge in [0.05, 0.1) is 13.0 Å². The van der Waals surface area contributed by atoms with Gasteiger partial charge in [0.1, 0.15) is 0 Å². The number of urea groups is 1. The molecular formula is C10H20N2O4. The molecule has 4 N–H and O–H groups in total. The number of hydrogen-bond donors (Lipinski definition) is 4. The Morgan fingerprint density at radius 2 is 1.94 bits per heavy atom. The number of aliphatic carboxylic acids is 1. The number of carboxylic acid groups (broad SMARTS) is 1. The predicted molar refractivity (Wildman–Crippen MR) is 59.1 cm³/mol. The fraction of sp³-hybridized carbons (Fsp3) is 0.800. The smallest absolute Gasteiger partial charge is 0.314 e. The van der Waals surface area contributed by atoms with Gasteiger partial charge >= 0.3 is 12.0 Å². The van der Waals surface area contributed by atoms with Crippen molar-refractivity contribution >= 4 is 12.0 Å². The number of amides is 2. The van der Waals surface area contributed by atoms with Crippen LogP contribution in [-0.2, 0) is 4.79 Å². The summed E-state index contributed by atoms with van der Waals surface area (Å²) in [7, 11) is 0. The SMILES string of the molecule is CCCNC(=O)NCC(C)(CO)CC(=O)O. The van der Waals surface area contributed by atoms with Crippen molar-refractivity contribution in [2.45, 2.75) is 26.7 Å². The van der Waals surface area contributed by atoms with E-state index in [0.717, 1.165) is 6.42 Å².